The van der Waals surface area contributed by atoms with Crippen LogP contribution in [-0.2, 0) is 13.1 Å². The fourth-order valence-electron chi connectivity index (χ4n) is 2.40. The summed E-state index contributed by atoms with van der Waals surface area (Å²) in [5.41, 5.74) is 2.45. The number of hydrogen-bond donors (Lipinski definition) is 0. The predicted molar refractivity (Wildman–Crippen MR) is 84.8 cm³/mol. The highest BCUT2D eigenvalue weighted by molar-refractivity contribution is 9.09. The maximum Gasteiger partial charge on any atom is 0.0843 e. The van der Waals surface area contributed by atoms with E-state index >= 15 is 0 Å². The highest BCUT2D eigenvalue weighted by atomic mass is 79.9. The van der Waals surface area contributed by atoms with Crippen molar-refractivity contribution in [2.75, 3.05) is 18.4 Å². The second-order valence-corrected chi connectivity index (χ2v) is 5.48. The molecule has 0 N–H and O–H groups in total. The van der Waals surface area contributed by atoms with Crippen molar-refractivity contribution >= 4 is 26.8 Å². The molecule has 2 aromatic rings. The summed E-state index contributed by atoms with van der Waals surface area (Å²) in [4.78, 5) is 2.45. The van der Waals surface area contributed by atoms with Crippen molar-refractivity contribution in [2.45, 2.75) is 33.4 Å². The smallest absolute Gasteiger partial charge is 0.0843 e. The van der Waals surface area contributed by atoms with Gasteiger partial charge in [0.05, 0.1) is 11.2 Å². The predicted octanol–water partition coefficient (Wildman–Crippen LogP) is 3.66. The van der Waals surface area contributed by atoms with Crippen molar-refractivity contribution in [1.29, 1.82) is 0 Å². The molecule has 19 heavy (non-hydrogen) atoms. The summed E-state index contributed by atoms with van der Waals surface area (Å²) >= 11 is 3.50. The number of rotatable bonds is 7. The number of fused-ring (bicyclic) bond motifs is 1. The van der Waals surface area contributed by atoms with Crippen LogP contribution in [0.1, 0.15) is 26.0 Å². The van der Waals surface area contributed by atoms with Gasteiger partial charge in [-0.1, -0.05) is 41.1 Å². The van der Waals surface area contributed by atoms with Crippen LogP contribution in [0.4, 0.5) is 0 Å². The van der Waals surface area contributed by atoms with Gasteiger partial charge in [-0.15, -0.1) is 0 Å². The van der Waals surface area contributed by atoms with Gasteiger partial charge in [-0.05, 0) is 32.5 Å². The third-order valence-electron chi connectivity index (χ3n) is 3.46. The lowest BCUT2D eigenvalue weighted by atomic mass is 10.2. The molecule has 0 aliphatic rings. The standard InChI is InChI=1S/C15H22BrN3/c1-3-18(11-7-10-16)12-14-13-8-5-6-9-15(13)19(4-2)17-14/h5-6,8-9H,3-4,7,10-12H2,1-2H3. The van der Waals surface area contributed by atoms with E-state index in [2.05, 4.69) is 63.6 Å². The summed E-state index contributed by atoms with van der Waals surface area (Å²) in [7, 11) is 0. The average Bonchev–Trinajstić information content (AvgIpc) is 2.81. The van der Waals surface area contributed by atoms with Crippen LogP contribution in [0.25, 0.3) is 10.9 Å². The van der Waals surface area contributed by atoms with Crippen LogP contribution >= 0.6 is 15.9 Å². The van der Waals surface area contributed by atoms with E-state index in [4.69, 9.17) is 5.10 Å². The van der Waals surface area contributed by atoms with Crippen LogP contribution in [0.3, 0.4) is 0 Å². The number of hydrogen-bond acceptors (Lipinski definition) is 2. The normalized spacial score (nSPS) is 11.6. The zero-order chi connectivity index (χ0) is 13.7. The maximum atomic E-state index is 4.77. The van der Waals surface area contributed by atoms with Crippen molar-refractivity contribution in [3.63, 3.8) is 0 Å². The highest BCUT2D eigenvalue weighted by Gasteiger charge is 2.12. The minimum Gasteiger partial charge on any atom is -0.298 e. The van der Waals surface area contributed by atoms with Crippen LogP contribution in [0.5, 0.6) is 0 Å². The Kier molecular flexibility index (Phi) is 5.40. The molecule has 0 aliphatic heterocycles. The molecule has 0 fully saturated rings. The van der Waals surface area contributed by atoms with Crippen molar-refractivity contribution in [3.05, 3.63) is 30.0 Å². The molecule has 0 unspecified atom stereocenters. The Bertz CT molecular complexity index is 521. The SMILES string of the molecule is CCN(CCCBr)Cc1nn(CC)c2ccccc12. The highest BCUT2D eigenvalue weighted by Crippen LogP contribution is 2.19. The largest absolute Gasteiger partial charge is 0.298 e. The Balaban J connectivity index is 2.24. The van der Waals surface area contributed by atoms with Gasteiger partial charge in [0, 0.05) is 23.8 Å². The van der Waals surface area contributed by atoms with Crippen molar-refractivity contribution in [1.82, 2.24) is 14.7 Å². The zero-order valence-electron chi connectivity index (χ0n) is 11.8. The molecule has 0 radical (unpaired) electrons. The Morgan fingerprint density at radius 2 is 2.05 bits per heavy atom. The van der Waals surface area contributed by atoms with E-state index < -0.39 is 0 Å². The van der Waals surface area contributed by atoms with Crippen LogP contribution in [0, 0.1) is 0 Å². The molecule has 0 amide bonds. The molecule has 0 saturated carbocycles. The number of aromatic nitrogens is 2. The third kappa shape index (κ3) is 3.37. The van der Waals surface area contributed by atoms with Gasteiger partial charge in [0.1, 0.15) is 0 Å². The Labute approximate surface area is 123 Å². The van der Waals surface area contributed by atoms with E-state index in [1.165, 1.54) is 23.0 Å². The molecule has 1 heterocycles. The molecule has 104 valence electrons. The van der Waals surface area contributed by atoms with Crippen LogP contribution in [0.2, 0.25) is 0 Å². The van der Waals surface area contributed by atoms with Gasteiger partial charge in [0.25, 0.3) is 0 Å². The second kappa shape index (κ2) is 7.06. The van der Waals surface area contributed by atoms with Gasteiger partial charge < -0.3 is 0 Å². The quantitative estimate of drug-likeness (QED) is 0.725. The van der Waals surface area contributed by atoms with Gasteiger partial charge in [0.2, 0.25) is 0 Å². The van der Waals surface area contributed by atoms with Gasteiger partial charge in [0.15, 0.2) is 0 Å². The molecule has 2 rings (SSSR count). The van der Waals surface area contributed by atoms with Crippen LogP contribution in [-0.4, -0.2) is 33.1 Å². The molecule has 0 spiro atoms. The molecule has 3 nitrogen and oxygen atoms in total. The minimum absolute atomic E-state index is 0.925. The van der Waals surface area contributed by atoms with Gasteiger partial charge in [-0.3, -0.25) is 9.58 Å². The molecule has 1 aromatic carbocycles. The Hall–Kier alpha value is -0.870. The van der Waals surface area contributed by atoms with Gasteiger partial charge in [-0.25, -0.2) is 0 Å². The number of nitrogens with zero attached hydrogens (tertiary/aromatic N) is 3. The molecule has 0 atom stereocenters. The number of para-hydroxylation sites is 1. The lowest BCUT2D eigenvalue weighted by Gasteiger charge is -2.18. The molecular formula is C15H22BrN3. The van der Waals surface area contributed by atoms with Crippen LogP contribution < -0.4 is 0 Å². The summed E-state index contributed by atoms with van der Waals surface area (Å²) < 4.78 is 2.10. The zero-order valence-corrected chi connectivity index (χ0v) is 13.4. The number of alkyl halides is 1. The number of aryl methyl sites for hydroxylation is 1. The first kappa shape index (κ1) is 14.5. The van der Waals surface area contributed by atoms with Crippen molar-refractivity contribution in [3.8, 4) is 0 Å². The summed E-state index contributed by atoms with van der Waals surface area (Å²) in [5, 5.41) is 7.12. The minimum atomic E-state index is 0.925. The van der Waals surface area contributed by atoms with Gasteiger partial charge >= 0.3 is 0 Å². The molecule has 0 aliphatic carbocycles. The second-order valence-electron chi connectivity index (χ2n) is 4.69. The summed E-state index contributed by atoms with van der Waals surface area (Å²) in [6, 6.07) is 8.52. The molecular weight excluding hydrogens is 302 g/mol. The first-order chi connectivity index (χ1) is 9.30. The summed E-state index contributed by atoms with van der Waals surface area (Å²) in [6.45, 7) is 8.42. The van der Waals surface area contributed by atoms with E-state index in [-0.39, 0.29) is 0 Å². The molecule has 0 bridgehead atoms. The Morgan fingerprint density at radius 3 is 2.74 bits per heavy atom. The monoisotopic (exact) mass is 323 g/mol. The number of halogens is 1. The third-order valence-corrected chi connectivity index (χ3v) is 4.02. The fraction of sp³-hybridized carbons (Fsp3) is 0.533. The maximum absolute atomic E-state index is 4.77. The van der Waals surface area contributed by atoms with E-state index in [1.807, 2.05) is 0 Å². The lowest BCUT2D eigenvalue weighted by Crippen LogP contribution is -2.24. The topological polar surface area (TPSA) is 21.1 Å². The average molecular weight is 324 g/mol. The van der Waals surface area contributed by atoms with Crippen molar-refractivity contribution in [2.24, 2.45) is 0 Å². The molecule has 4 heteroatoms. The van der Waals surface area contributed by atoms with E-state index in [9.17, 15) is 0 Å². The first-order valence-electron chi connectivity index (χ1n) is 7.02. The number of benzene rings is 1. The Morgan fingerprint density at radius 1 is 1.26 bits per heavy atom. The lowest BCUT2D eigenvalue weighted by molar-refractivity contribution is 0.278. The summed E-state index contributed by atoms with van der Waals surface area (Å²) in [6.07, 6.45) is 1.18. The molecule has 1 aromatic heterocycles. The van der Waals surface area contributed by atoms with Gasteiger partial charge in [-0.2, -0.15) is 5.10 Å². The fourth-order valence-corrected chi connectivity index (χ4v) is 2.65. The van der Waals surface area contributed by atoms with E-state index in [0.29, 0.717) is 0 Å². The summed E-state index contributed by atoms with van der Waals surface area (Å²) in [5.74, 6) is 0. The first-order valence-corrected chi connectivity index (χ1v) is 8.15. The van der Waals surface area contributed by atoms with E-state index in [0.717, 1.165) is 31.5 Å². The van der Waals surface area contributed by atoms with Crippen molar-refractivity contribution < 1.29 is 0 Å². The van der Waals surface area contributed by atoms with Crippen LogP contribution in [0.15, 0.2) is 24.3 Å². The molecule has 0 saturated heterocycles. The van der Waals surface area contributed by atoms with E-state index in [1.54, 1.807) is 0 Å².